The monoisotopic (exact) mass is 268 g/mol. The van der Waals surface area contributed by atoms with Gasteiger partial charge in [0.1, 0.15) is 5.60 Å². The standard InChI is InChI=1S/C13H14F2N2O2/c1-13(2,3)19-12(18)16-6-4-5-9-7-10(14)17-11(15)8-9/h7-8H,6H2,1-3H3,(H,16,18). The topological polar surface area (TPSA) is 51.2 Å². The number of nitrogens with zero attached hydrogens (tertiary/aromatic N) is 1. The second-order valence-electron chi connectivity index (χ2n) is 4.66. The molecule has 6 heteroatoms. The summed E-state index contributed by atoms with van der Waals surface area (Å²) >= 11 is 0. The summed E-state index contributed by atoms with van der Waals surface area (Å²) in [7, 11) is 0. The first-order valence-corrected chi connectivity index (χ1v) is 5.55. The quantitative estimate of drug-likeness (QED) is 0.627. The Balaban J connectivity index is 2.50. The number of aromatic nitrogens is 1. The lowest BCUT2D eigenvalue weighted by Crippen LogP contribution is -2.32. The van der Waals surface area contributed by atoms with Gasteiger partial charge >= 0.3 is 6.09 Å². The van der Waals surface area contributed by atoms with E-state index in [9.17, 15) is 13.6 Å². The van der Waals surface area contributed by atoms with Gasteiger partial charge in [0.25, 0.3) is 0 Å². The Bertz CT molecular complexity index is 507. The van der Waals surface area contributed by atoms with Crippen LogP contribution < -0.4 is 5.32 Å². The summed E-state index contributed by atoms with van der Waals surface area (Å²) < 4.78 is 30.5. The van der Waals surface area contributed by atoms with E-state index in [0.717, 1.165) is 12.1 Å². The number of amides is 1. The molecule has 0 aromatic carbocycles. The zero-order valence-corrected chi connectivity index (χ0v) is 10.9. The normalized spacial score (nSPS) is 10.4. The Kier molecular flexibility index (Phi) is 4.81. The molecule has 0 radical (unpaired) electrons. The van der Waals surface area contributed by atoms with Crippen molar-refractivity contribution >= 4 is 6.09 Å². The smallest absolute Gasteiger partial charge is 0.408 e. The van der Waals surface area contributed by atoms with Gasteiger partial charge in [-0.2, -0.15) is 13.8 Å². The molecule has 0 bridgehead atoms. The van der Waals surface area contributed by atoms with Crippen LogP contribution in [0.2, 0.25) is 0 Å². The molecule has 1 amide bonds. The van der Waals surface area contributed by atoms with Crippen LogP contribution in [-0.4, -0.2) is 23.2 Å². The SMILES string of the molecule is CC(C)(C)OC(=O)NCC#Cc1cc(F)nc(F)c1. The number of hydrogen-bond acceptors (Lipinski definition) is 3. The molecule has 4 nitrogen and oxygen atoms in total. The number of alkyl carbamates (subject to hydrolysis) is 1. The van der Waals surface area contributed by atoms with E-state index in [4.69, 9.17) is 4.74 Å². The van der Waals surface area contributed by atoms with Gasteiger partial charge in [-0.05, 0) is 20.8 Å². The predicted molar refractivity (Wildman–Crippen MR) is 65.3 cm³/mol. The second kappa shape index (κ2) is 6.14. The van der Waals surface area contributed by atoms with Gasteiger partial charge < -0.3 is 10.1 Å². The van der Waals surface area contributed by atoms with E-state index in [0.29, 0.717) is 0 Å². The van der Waals surface area contributed by atoms with Crippen LogP contribution in [-0.2, 0) is 4.74 Å². The number of ether oxygens (including phenoxy) is 1. The van der Waals surface area contributed by atoms with E-state index >= 15 is 0 Å². The fourth-order valence-corrected chi connectivity index (χ4v) is 1.11. The van der Waals surface area contributed by atoms with Crippen molar-refractivity contribution < 1.29 is 18.3 Å². The number of rotatable bonds is 1. The maximum atomic E-state index is 12.7. The molecule has 1 rings (SSSR count). The number of nitrogens with one attached hydrogen (secondary N) is 1. The van der Waals surface area contributed by atoms with Crippen LogP contribution in [0.4, 0.5) is 13.6 Å². The van der Waals surface area contributed by atoms with Gasteiger partial charge in [0.15, 0.2) is 0 Å². The zero-order chi connectivity index (χ0) is 14.5. The van der Waals surface area contributed by atoms with Gasteiger partial charge in [0, 0.05) is 17.7 Å². The largest absolute Gasteiger partial charge is 0.444 e. The molecule has 0 aliphatic rings. The van der Waals surface area contributed by atoms with Crippen molar-refractivity contribution in [2.24, 2.45) is 0 Å². The highest BCUT2D eigenvalue weighted by Crippen LogP contribution is 2.06. The molecule has 0 aliphatic carbocycles. The Morgan fingerprint density at radius 3 is 2.47 bits per heavy atom. The lowest BCUT2D eigenvalue weighted by atomic mass is 10.2. The van der Waals surface area contributed by atoms with Gasteiger partial charge in [-0.1, -0.05) is 11.8 Å². The van der Waals surface area contributed by atoms with Crippen molar-refractivity contribution in [1.29, 1.82) is 0 Å². The van der Waals surface area contributed by atoms with Crippen LogP contribution in [0, 0.1) is 23.7 Å². The summed E-state index contributed by atoms with van der Waals surface area (Å²) in [6.45, 7) is 5.23. The summed E-state index contributed by atoms with van der Waals surface area (Å²) in [5.41, 5.74) is -0.439. The Labute approximate surface area is 110 Å². The molecular weight excluding hydrogens is 254 g/mol. The molecule has 1 aromatic heterocycles. The maximum absolute atomic E-state index is 12.7. The molecule has 0 saturated heterocycles. The summed E-state index contributed by atoms with van der Waals surface area (Å²) in [6, 6.07) is 2.01. The molecule has 0 spiro atoms. The molecule has 102 valence electrons. The van der Waals surface area contributed by atoms with Gasteiger partial charge in [0.2, 0.25) is 11.9 Å². The van der Waals surface area contributed by atoms with Crippen LogP contribution in [0.15, 0.2) is 12.1 Å². The molecule has 0 saturated carbocycles. The minimum Gasteiger partial charge on any atom is -0.444 e. The van der Waals surface area contributed by atoms with Gasteiger partial charge in [-0.15, -0.1) is 0 Å². The Morgan fingerprint density at radius 1 is 1.37 bits per heavy atom. The molecule has 1 aromatic rings. The lowest BCUT2D eigenvalue weighted by Gasteiger charge is -2.18. The first-order valence-electron chi connectivity index (χ1n) is 5.55. The molecule has 0 unspecified atom stereocenters. The van der Waals surface area contributed by atoms with Crippen LogP contribution in [0.5, 0.6) is 0 Å². The Hall–Kier alpha value is -2.16. The highest BCUT2D eigenvalue weighted by atomic mass is 19.1. The Morgan fingerprint density at radius 2 is 1.95 bits per heavy atom. The van der Waals surface area contributed by atoms with E-state index in [-0.39, 0.29) is 12.1 Å². The third-order valence-corrected chi connectivity index (χ3v) is 1.72. The van der Waals surface area contributed by atoms with Crippen molar-refractivity contribution in [2.45, 2.75) is 26.4 Å². The lowest BCUT2D eigenvalue weighted by molar-refractivity contribution is 0.0535. The zero-order valence-electron chi connectivity index (χ0n) is 10.9. The van der Waals surface area contributed by atoms with E-state index in [1.165, 1.54) is 0 Å². The number of carbonyl (C=O) groups is 1. The summed E-state index contributed by atoms with van der Waals surface area (Å²) in [5.74, 6) is 3.17. The van der Waals surface area contributed by atoms with Crippen molar-refractivity contribution in [3.8, 4) is 11.8 Å². The highest BCUT2D eigenvalue weighted by molar-refractivity contribution is 5.68. The van der Waals surface area contributed by atoms with E-state index in [1.807, 2.05) is 0 Å². The van der Waals surface area contributed by atoms with Crippen LogP contribution in [0.1, 0.15) is 26.3 Å². The number of carbonyl (C=O) groups excluding carboxylic acids is 1. The summed E-state index contributed by atoms with van der Waals surface area (Å²) in [6.07, 6.45) is -0.603. The van der Waals surface area contributed by atoms with E-state index in [1.54, 1.807) is 20.8 Å². The minimum atomic E-state index is -0.940. The van der Waals surface area contributed by atoms with Crippen LogP contribution in [0.3, 0.4) is 0 Å². The third kappa shape index (κ3) is 6.36. The fourth-order valence-electron chi connectivity index (χ4n) is 1.11. The van der Waals surface area contributed by atoms with Crippen molar-refractivity contribution in [1.82, 2.24) is 10.3 Å². The molecule has 1 heterocycles. The second-order valence-corrected chi connectivity index (χ2v) is 4.66. The van der Waals surface area contributed by atoms with Crippen LogP contribution >= 0.6 is 0 Å². The highest BCUT2D eigenvalue weighted by Gasteiger charge is 2.14. The average Bonchev–Trinajstić information content (AvgIpc) is 2.20. The maximum Gasteiger partial charge on any atom is 0.408 e. The summed E-state index contributed by atoms with van der Waals surface area (Å²) in [5, 5.41) is 2.40. The van der Waals surface area contributed by atoms with E-state index in [2.05, 4.69) is 22.1 Å². The molecule has 1 N–H and O–H groups in total. The first kappa shape index (κ1) is 14.9. The van der Waals surface area contributed by atoms with Gasteiger partial charge in [-0.3, -0.25) is 0 Å². The average molecular weight is 268 g/mol. The van der Waals surface area contributed by atoms with Crippen molar-refractivity contribution in [3.05, 3.63) is 29.6 Å². The van der Waals surface area contributed by atoms with E-state index < -0.39 is 23.6 Å². The number of pyridine rings is 1. The minimum absolute atomic E-state index is 0.0144. The third-order valence-electron chi connectivity index (χ3n) is 1.72. The van der Waals surface area contributed by atoms with Crippen LogP contribution in [0.25, 0.3) is 0 Å². The van der Waals surface area contributed by atoms with Crippen molar-refractivity contribution in [3.63, 3.8) is 0 Å². The number of halogens is 2. The fraction of sp³-hybridized carbons (Fsp3) is 0.385. The molecule has 0 aliphatic heterocycles. The molecule has 19 heavy (non-hydrogen) atoms. The molecular formula is C13H14F2N2O2. The molecule has 0 atom stereocenters. The van der Waals surface area contributed by atoms with Gasteiger partial charge in [-0.25, -0.2) is 4.79 Å². The first-order chi connectivity index (χ1) is 8.76. The number of hydrogen-bond donors (Lipinski definition) is 1. The summed E-state index contributed by atoms with van der Waals surface area (Å²) in [4.78, 5) is 14.2. The van der Waals surface area contributed by atoms with Crippen molar-refractivity contribution in [2.75, 3.05) is 6.54 Å². The molecule has 0 fully saturated rings. The van der Waals surface area contributed by atoms with Gasteiger partial charge in [0.05, 0.1) is 6.54 Å². The predicted octanol–water partition coefficient (Wildman–Crippen LogP) is 2.24.